The van der Waals surface area contributed by atoms with Crippen molar-refractivity contribution in [1.29, 1.82) is 0 Å². The third-order valence-electron chi connectivity index (χ3n) is 3.87. The molecular formula is C16H22N4O. The summed E-state index contributed by atoms with van der Waals surface area (Å²) in [7, 11) is 0. The fourth-order valence-electron chi connectivity index (χ4n) is 2.73. The van der Waals surface area contributed by atoms with Crippen molar-refractivity contribution >= 4 is 22.3 Å². The number of pyridine rings is 1. The van der Waals surface area contributed by atoms with Crippen LogP contribution in [0.2, 0.25) is 0 Å². The molecule has 0 atom stereocenters. The van der Waals surface area contributed by atoms with E-state index in [0.29, 0.717) is 0 Å². The van der Waals surface area contributed by atoms with Crippen LogP contribution in [0.4, 0.5) is 11.5 Å². The van der Waals surface area contributed by atoms with E-state index in [1.165, 1.54) is 0 Å². The maximum Gasteiger partial charge on any atom is 0.135 e. The molecule has 0 saturated carbocycles. The number of benzene rings is 1. The standard InChI is InChI=1S/C16H22N4O/c17-14-4-1-3-13-5-7-19-16(15(13)14)18-6-2-8-20-9-11-21-12-10-20/h1,3-5,7H,2,6,8-12,17H2,(H,18,19). The highest BCUT2D eigenvalue weighted by atomic mass is 16.5. The summed E-state index contributed by atoms with van der Waals surface area (Å²) in [6.07, 6.45) is 2.91. The zero-order valence-electron chi connectivity index (χ0n) is 12.2. The molecule has 0 aliphatic carbocycles. The molecule has 1 aromatic carbocycles. The van der Waals surface area contributed by atoms with Crippen LogP contribution in [0.3, 0.4) is 0 Å². The maximum absolute atomic E-state index is 6.08. The Morgan fingerprint density at radius 1 is 1.24 bits per heavy atom. The summed E-state index contributed by atoms with van der Waals surface area (Å²) in [5.74, 6) is 0.882. The Hall–Kier alpha value is -1.85. The highest BCUT2D eigenvalue weighted by molar-refractivity contribution is 6.00. The lowest BCUT2D eigenvalue weighted by molar-refractivity contribution is 0.0378. The third kappa shape index (κ3) is 3.43. The van der Waals surface area contributed by atoms with Crippen molar-refractivity contribution in [3.8, 4) is 0 Å². The molecule has 0 unspecified atom stereocenters. The van der Waals surface area contributed by atoms with Crippen molar-refractivity contribution in [2.45, 2.75) is 6.42 Å². The minimum atomic E-state index is 0.774. The molecular weight excluding hydrogens is 264 g/mol. The average molecular weight is 286 g/mol. The summed E-state index contributed by atoms with van der Waals surface area (Å²) in [5, 5.41) is 5.56. The number of morpholine rings is 1. The molecule has 0 spiro atoms. The van der Waals surface area contributed by atoms with Gasteiger partial charge in [0.2, 0.25) is 0 Å². The van der Waals surface area contributed by atoms with Crippen LogP contribution in [0, 0.1) is 0 Å². The zero-order chi connectivity index (χ0) is 14.5. The molecule has 5 nitrogen and oxygen atoms in total. The van der Waals surface area contributed by atoms with Gasteiger partial charge in [0.15, 0.2) is 0 Å². The molecule has 0 radical (unpaired) electrons. The molecule has 1 aliphatic heterocycles. The second-order valence-electron chi connectivity index (χ2n) is 5.34. The van der Waals surface area contributed by atoms with Gasteiger partial charge < -0.3 is 15.8 Å². The Morgan fingerprint density at radius 2 is 2.10 bits per heavy atom. The van der Waals surface area contributed by atoms with Gasteiger partial charge >= 0.3 is 0 Å². The van der Waals surface area contributed by atoms with Gasteiger partial charge in [0.1, 0.15) is 5.82 Å². The van der Waals surface area contributed by atoms with E-state index in [4.69, 9.17) is 10.5 Å². The Labute approximate surface area is 125 Å². The molecule has 2 aromatic rings. The van der Waals surface area contributed by atoms with E-state index in [-0.39, 0.29) is 0 Å². The maximum atomic E-state index is 6.08. The van der Waals surface area contributed by atoms with Gasteiger partial charge in [-0.05, 0) is 30.5 Å². The van der Waals surface area contributed by atoms with Crippen molar-refractivity contribution in [3.63, 3.8) is 0 Å². The lowest BCUT2D eigenvalue weighted by atomic mass is 10.1. The van der Waals surface area contributed by atoms with Crippen LogP contribution >= 0.6 is 0 Å². The quantitative estimate of drug-likeness (QED) is 0.650. The van der Waals surface area contributed by atoms with E-state index in [9.17, 15) is 0 Å². The van der Waals surface area contributed by atoms with Crippen LogP contribution in [-0.4, -0.2) is 49.3 Å². The number of hydrogen-bond acceptors (Lipinski definition) is 5. The largest absolute Gasteiger partial charge is 0.398 e. The summed E-state index contributed by atoms with van der Waals surface area (Å²) in [6.45, 7) is 5.79. The van der Waals surface area contributed by atoms with Gasteiger partial charge in [0, 0.05) is 36.9 Å². The number of rotatable bonds is 5. The number of fused-ring (bicyclic) bond motifs is 1. The van der Waals surface area contributed by atoms with Gasteiger partial charge in [0.25, 0.3) is 0 Å². The molecule has 1 aromatic heterocycles. The van der Waals surface area contributed by atoms with Crippen molar-refractivity contribution in [1.82, 2.24) is 9.88 Å². The average Bonchev–Trinajstić information content (AvgIpc) is 2.53. The monoisotopic (exact) mass is 286 g/mol. The Morgan fingerprint density at radius 3 is 2.95 bits per heavy atom. The minimum Gasteiger partial charge on any atom is -0.398 e. The van der Waals surface area contributed by atoms with E-state index in [1.54, 1.807) is 0 Å². The number of nitrogens with two attached hydrogens (primary N) is 1. The normalized spacial score (nSPS) is 16.2. The predicted octanol–water partition coefficient (Wildman–Crippen LogP) is 1.95. The lowest BCUT2D eigenvalue weighted by Crippen LogP contribution is -2.37. The Bertz CT molecular complexity index is 591. The molecule has 3 rings (SSSR count). The van der Waals surface area contributed by atoms with Crippen LogP contribution in [0.5, 0.6) is 0 Å². The van der Waals surface area contributed by atoms with Gasteiger partial charge in [-0.2, -0.15) is 0 Å². The van der Waals surface area contributed by atoms with Crippen molar-refractivity contribution in [3.05, 3.63) is 30.5 Å². The summed E-state index contributed by atoms with van der Waals surface area (Å²) >= 11 is 0. The molecule has 0 bridgehead atoms. The Kier molecular flexibility index (Phi) is 4.52. The number of anilines is 2. The van der Waals surface area contributed by atoms with Crippen molar-refractivity contribution in [2.24, 2.45) is 0 Å². The van der Waals surface area contributed by atoms with Gasteiger partial charge in [-0.3, -0.25) is 4.90 Å². The van der Waals surface area contributed by atoms with E-state index < -0.39 is 0 Å². The number of aromatic nitrogens is 1. The first-order valence-electron chi connectivity index (χ1n) is 7.52. The first kappa shape index (κ1) is 14.1. The first-order valence-corrected chi connectivity index (χ1v) is 7.52. The third-order valence-corrected chi connectivity index (χ3v) is 3.87. The first-order chi connectivity index (χ1) is 10.3. The SMILES string of the molecule is Nc1cccc2ccnc(NCCCN3CCOCC3)c12. The number of nitrogens with zero attached hydrogens (tertiary/aromatic N) is 2. The van der Waals surface area contributed by atoms with Crippen LogP contribution < -0.4 is 11.1 Å². The van der Waals surface area contributed by atoms with Crippen molar-refractivity contribution < 1.29 is 4.74 Å². The fraction of sp³-hybridized carbons (Fsp3) is 0.438. The van der Waals surface area contributed by atoms with Gasteiger partial charge in [0.05, 0.1) is 13.2 Å². The van der Waals surface area contributed by atoms with Gasteiger partial charge in [-0.15, -0.1) is 0 Å². The molecule has 1 aliphatic rings. The summed E-state index contributed by atoms with van der Waals surface area (Å²) in [5.41, 5.74) is 6.85. The molecule has 21 heavy (non-hydrogen) atoms. The molecule has 3 N–H and O–H groups in total. The molecule has 1 saturated heterocycles. The van der Waals surface area contributed by atoms with E-state index in [1.807, 2.05) is 24.4 Å². The number of ether oxygens (including phenoxy) is 1. The number of nitrogen functional groups attached to an aromatic ring is 1. The highest BCUT2D eigenvalue weighted by Crippen LogP contribution is 2.26. The summed E-state index contributed by atoms with van der Waals surface area (Å²) < 4.78 is 5.36. The molecule has 2 heterocycles. The number of nitrogens with one attached hydrogen (secondary N) is 1. The van der Waals surface area contributed by atoms with Gasteiger partial charge in [-0.25, -0.2) is 4.98 Å². The van der Waals surface area contributed by atoms with E-state index in [0.717, 1.165) is 68.1 Å². The lowest BCUT2D eigenvalue weighted by Gasteiger charge is -2.26. The van der Waals surface area contributed by atoms with Crippen LogP contribution in [0.15, 0.2) is 30.5 Å². The summed E-state index contributed by atoms with van der Waals surface area (Å²) in [6, 6.07) is 7.94. The second kappa shape index (κ2) is 6.74. The zero-order valence-corrected chi connectivity index (χ0v) is 12.2. The Balaban J connectivity index is 1.58. The smallest absolute Gasteiger partial charge is 0.135 e. The second-order valence-corrected chi connectivity index (χ2v) is 5.34. The summed E-state index contributed by atoms with van der Waals surface area (Å²) in [4.78, 5) is 6.87. The molecule has 1 fully saturated rings. The molecule has 112 valence electrons. The topological polar surface area (TPSA) is 63.4 Å². The van der Waals surface area contributed by atoms with E-state index >= 15 is 0 Å². The molecule has 0 amide bonds. The highest BCUT2D eigenvalue weighted by Gasteiger charge is 2.09. The van der Waals surface area contributed by atoms with Crippen LogP contribution in [0.25, 0.3) is 10.8 Å². The van der Waals surface area contributed by atoms with Crippen LogP contribution in [0.1, 0.15) is 6.42 Å². The van der Waals surface area contributed by atoms with E-state index in [2.05, 4.69) is 21.3 Å². The number of hydrogen-bond donors (Lipinski definition) is 2. The fourth-order valence-corrected chi connectivity index (χ4v) is 2.73. The van der Waals surface area contributed by atoms with Crippen molar-refractivity contribution in [2.75, 3.05) is 50.4 Å². The van der Waals surface area contributed by atoms with Crippen LogP contribution in [-0.2, 0) is 4.74 Å². The molecule has 5 heteroatoms. The predicted molar refractivity (Wildman–Crippen MR) is 86.5 cm³/mol. The van der Waals surface area contributed by atoms with Gasteiger partial charge in [-0.1, -0.05) is 12.1 Å². The minimum absolute atomic E-state index is 0.774.